The van der Waals surface area contributed by atoms with Crippen LogP contribution in [0.25, 0.3) is 0 Å². The molecule has 1 fully saturated rings. The summed E-state index contributed by atoms with van der Waals surface area (Å²) in [4.78, 5) is 4.98. The minimum Gasteiger partial charge on any atom is -0.399 e. The highest BCUT2D eigenvalue weighted by Gasteiger charge is 2.30. The molecular weight excluding hydrogens is 282 g/mol. The number of rotatable bonds is 9. The van der Waals surface area contributed by atoms with E-state index in [9.17, 15) is 0 Å². The molecule has 1 aromatic rings. The summed E-state index contributed by atoms with van der Waals surface area (Å²) in [5.74, 6) is 0.786. The van der Waals surface area contributed by atoms with Crippen LogP contribution < -0.4 is 10.6 Å². The van der Waals surface area contributed by atoms with E-state index >= 15 is 0 Å². The zero-order valence-corrected chi connectivity index (χ0v) is 15.3. The largest absolute Gasteiger partial charge is 0.399 e. The van der Waals surface area contributed by atoms with E-state index < -0.39 is 0 Å². The van der Waals surface area contributed by atoms with Gasteiger partial charge in [0.25, 0.3) is 0 Å². The van der Waals surface area contributed by atoms with Crippen LogP contribution in [-0.4, -0.2) is 38.1 Å². The summed E-state index contributed by atoms with van der Waals surface area (Å²) >= 11 is 0. The van der Waals surface area contributed by atoms with E-state index in [4.69, 9.17) is 5.73 Å². The van der Waals surface area contributed by atoms with E-state index in [1.165, 1.54) is 63.7 Å². The Balaban J connectivity index is 1.85. The molecule has 2 unspecified atom stereocenters. The second-order valence-corrected chi connectivity index (χ2v) is 7.32. The van der Waals surface area contributed by atoms with Gasteiger partial charge >= 0.3 is 0 Å². The molecule has 0 radical (unpaired) electrons. The maximum absolute atomic E-state index is 5.80. The minimum absolute atomic E-state index is 0.718. The predicted molar refractivity (Wildman–Crippen MR) is 102 cm³/mol. The van der Waals surface area contributed by atoms with Crippen molar-refractivity contribution < 1.29 is 0 Å². The second-order valence-electron chi connectivity index (χ2n) is 7.32. The van der Waals surface area contributed by atoms with Gasteiger partial charge in [-0.3, -0.25) is 0 Å². The lowest BCUT2D eigenvalue weighted by atomic mass is 9.92. The lowest BCUT2D eigenvalue weighted by molar-refractivity contribution is 0.203. The maximum atomic E-state index is 5.80. The molecule has 0 saturated carbocycles. The first-order valence-corrected chi connectivity index (χ1v) is 9.38. The van der Waals surface area contributed by atoms with Crippen molar-refractivity contribution in [2.75, 3.05) is 37.8 Å². The molecule has 1 aliphatic rings. The average Bonchev–Trinajstić information content (AvgIpc) is 3.00. The van der Waals surface area contributed by atoms with Crippen LogP contribution in [0.4, 0.5) is 11.4 Å². The Morgan fingerprint density at radius 2 is 1.83 bits per heavy atom. The van der Waals surface area contributed by atoms with Gasteiger partial charge in [-0.1, -0.05) is 39.0 Å². The molecule has 23 heavy (non-hydrogen) atoms. The van der Waals surface area contributed by atoms with E-state index in [1.807, 2.05) is 12.1 Å². The predicted octanol–water partition coefficient (Wildman–Crippen LogP) is 4.39. The summed E-state index contributed by atoms with van der Waals surface area (Å²) in [6.07, 6.45) is 9.54. The molecule has 0 bridgehead atoms. The SMILES string of the molecule is CCCCCCCC(C1CCN(c2ccc(N)cc2)C1)N(C)C. The summed E-state index contributed by atoms with van der Waals surface area (Å²) in [6.45, 7) is 4.64. The number of hydrogen-bond acceptors (Lipinski definition) is 3. The van der Waals surface area contributed by atoms with E-state index in [-0.39, 0.29) is 0 Å². The number of nitrogens with two attached hydrogens (primary N) is 1. The fourth-order valence-corrected chi connectivity index (χ4v) is 3.89. The van der Waals surface area contributed by atoms with Crippen LogP contribution in [0.2, 0.25) is 0 Å². The van der Waals surface area contributed by atoms with Crippen LogP contribution in [0.1, 0.15) is 51.9 Å². The topological polar surface area (TPSA) is 32.5 Å². The average molecular weight is 318 g/mol. The molecule has 2 rings (SSSR count). The molecule has 3 heteroatoms. The number of anilines is 2. The molecule has 0 spiro atoms. The Bertz CT molecular complexity index is 441. The summed E-state index contributed by atoms with van der Waals surface area (Å²) < 4.78 is 0. The summed E-state index contributed by atoms with van der Waals surface area (Å²) in [6, 6.07) is 9.07. The van der Waals surface area contributed by atoms with Gasteiger partial charge < -0.3 is 15.5 Å². The minimum atomic E-state index is 0.718. The molecule has 1 aliphatic heterocycles. The third-order valence-corrected chi connectivity index (χ3v) is 5.29. The number of hydrogen-bond donors (Lipinski definition) is 1. The van der Waals surface area contributed by atoms with Crippen LogP contribution in [0, 0.1) is 5.92 Å². The van der Waals surface area contributed by atoms with Crippen molar-refractivity contribution in [3.63, 3.8) is 0 Å². The molecule has 2 N–H and O–H groups in total. The van der Waals surface area contributed by atoms with Crippen LogP contribution in [0.5, 0.6) is 0 Å². The smallest absolute Gasteiger partial charge is 0.0367 e. The lowest BCUT2D eigenvalue weighted by Crippen LogP contribution is -2.37. The molecule has 3 nitrogen and oxygen atoms in total. The molecule has 2 atom stereocenters. The van der Waals surface area contributed by atoms with Crippen LogP contribution in [0.15, 0.2) is 24.3 Å². The van der Waals surface area contributed by atoms with Crippen molar-refractivity contribution in [3.8, 4) is 0 Å². The number of nitrogen functional groups attached to an aromatic ring is 1. The van der Waals surface area contributed by atoms with E-state index in [2.05, 4.69) is 43.0 Å². The Morgan fingerprint density at radius 3 is 2.48 bits per heavy atom. The van der Waals surface area contributed by atoms with Crippen LogP contribution >= 0.6 is 0 Å². The zero-order valence-electron chi connectivity index (χ0n) is 15.3. The Morgan fingerprint density at radius 1 is 1.13 bits per heavy atom. The third kappa shape index (κ3) is 5.42. The first-order valence-electron chi connectivity index (χ1n) is 9.38. The van der Waals surface area contributed by atoms with E-state index in [0.29, 0.717) is 0 Å². The molecular formula is C20H35N3. The van der Waals surface area contributed by atoms with Gasteiger partial charge in [0, 0.05) is 30.5 Å². The fraction of sp³-hybridized carbons (Fsp3) is 0.700. The van der Waals surface area contributed by atoms with Gasteiger partial charge in [-0.05, 0) is 57.1 Å². The Hall–Kier alpha value is -1.22. The summed E-state index contributed by atoms with van der Waals surface area (Å²) in [5, 5.41) is 0. The summed E-state index contributed by atoms with van der Waals surface area (Å²) in [7, 11) is 4.51. The van der Waals surface area contributed by atoms with E-state index in [0.717, 1.165) is 17.6 Å². The van der Waals surface area contributed by atoms with Crippen LogP contribution in [-0.2, 0) is 0 Å². The standard InChI is InChI=1S/C20H35N3/c1-4-5-6-7-8-9-20(22(2)3)17-14-15-23(16-17)19-12-10-18(21)11-13-19/h10-13,17,20H,4-9,14-16,21H2,1-3H3. The highest BCUT2D eigenvalue weighted by atomic mass is 15.2. The monoisotopic (exact) mass is 317 g/mol. The highest BCUT2D eigenvalue weighted by molar-refractivity contribution is 5.53. The van der Waals surface area contributed by atoms with E-state index in [1.54, 1.807) is 0 Å². The quantitative estimate of drug-likeness (QED) is 0.542. The van der Waals surface area contributed by atoms with Gasteiger partial charge in [0.15, 0.2) is 0 Å². The van der Waals surface area contributed by atoms with Gasteiger partial charge in [-0.15, -0.1) is 0 Å². The van der Waals surface area contributed by atoms with Crippen molar-refractivity contribution in [3.05, 3.63) is 24.3 Å². The molecule has 1 heterocycles. The van der Waals surface area contributed by atoms with Gasteiger partial charge in [-0.2, -0.15) is 0 Å². The highest BCUT2D eigenvalue weighted by Crippen LogP contribution is 2.29. The normalized spacial score (nSPS) is 19.5. The lowest BCUT2D eigenvalue weighted by Gasteiger charge is -2.30. The molecule has 0 amide bonds. The van der Waals surface area contributed by atoms with Crippen LogP contribution in [0.3, 0.4) is 0 Å². The first-order chi connectivity index (χ1) is 11.1. The molecule has 1 saturated heterocycles. The Kier molecular flexibility index (Phi) is 7.22. The Labute approximate surface area is 142 Å². The first kappa shape index (κ1) is 18.1. The maximum Gasteiger partial charge on any atom is 0.0367 e. The zero-order chi connectivity index (χ0) is 16.7. The van der Waals surface area contributed by atoms with Gasteiger partial charge in [0.2, 0.25) is 0 Å². The fourth-order valence-electron chi connectivity index (χ4n) is 3.89. The third-order valence-electron chi connectivity index (χ3n) is 5.29. The molecule has 130 valence electrons. The summed E-state index contributed by atoms with van der Waals surface area (Å²) in [5.41, 5.74) is 7.98. The number of unbranched alkanes of at least 4 members (excludes halogenated alkanes) is 4. The molecule has 1 aromatic carbocycles. The van der Waals surface area contributed by atoms with Crippen molar-refractivity contribution in [1.29, 1.82) is 0 Å². The van der Waals surface area contributed by atoms with Crippen molar-refractivity contribution >= 4 is 11.4 Å². The van der Waals surface area contributed by atoms with Gasteiger partial charge in [0.1, 0.15) is 0 Å². The van der Waals surface area contributed by atoms with Crippen molar-refractivity contribution in [2.45, 2.75) is 57.9 Å². The second kappa shape index (κ2) is 9.17. The van der Waals surface area contributed by atoms with Gasteiger partial charge in [-0.25, -0.2) is 0 Å². The number of benzene rings is 1. The van der Waals surface area contributed by atoms with Crippen molar-refractivity contribution in [2.24, 2.45) is 5.92 Å². The van der Waals surface area contributed by atoms with Gasteiger partial charge in [0.05, 0.1) is 0 Å². The van der Waals surface area contributed by atoms with Crippen molar-refractivity contribution in [1.82, 2.24) is 4.90 Å². The molecule has 0 aliphatic carbocycles. The molecule has 0 aromatic heterocycles. The number of nitrogens with zero attached hydrogens (tertiary/aromatic N) is 2.